The summed E-state index contributed by atoms with van der Waals surface area (Å²) in [5, 5.41) is 2.88. The number of thiophene rings is 1. The Hall–Kier alpha value is -3.78. The first-order chi connectivity index (χ1) is 16.6. The summed E-state index contributed by atoms with van der Waals surface area (Å²) in [4.78, 5) is 39.7. The topological polar surface area (TPSA) is 75.6 Å². The van der Waals surface area contributed by atoms with Crippen LogP contribution in [0.4, 0.5) is 5.82 Å². The molecular formula is C26H24N4O3S. The lowest BCUT2D eigenvalue weighted by Gasteiger charge is -2.35. The van der Waals surface area contributed by atoms with Crippen molar-refractivity contribution in [2.24, 2.45) is 0 Å². The molecule has 4 heterocycles. The summed E-state index contributed by atoms with van der Waals surface area (Å²) in [7, 11) is 0. The number of benzene rings is 1. The zero-order chi connectivity index (χ0) is 23.5. The molecule has 0 unspecified atom stereocenters. The molecule has 0 aliphatic carbocycles. The van der Waals surface area contributed by atoms with E-state index in [1.54, 1.807) is 30.5 Å². The van der Waals surface area contributed by atoms with Gasteiger partial charge in [0.25, 0.3) is 5.91 Å². The zero-order valence-electron chi connectivity index (χ0n) is 18.8. The number of piperazine rings is 1. The number of hydrogen-bond donors (Lipinski definition) is 0. The molecule has 7 nitrogen and oxygen atoms in total. The van der Waals surface area contributed by atoms with Gasteiger partial charge in [-0.1, -0.05) is 24.3 Å². The summed E-state index contributed by atoms with van der Waals surface area (Å²) in [6.07, 6.45) is 1.54. The Morgan fingerprint density at radius 1 is 1.03 bits per heavy atom. The third kappa shape index (κ3) is 4.36. The highest BCUT2D eigenvalue weighted by molar-refractivity contribution is 7.13. The number of amides is 1. The van der Waals surface area contributed by atoms with Crippen molar-refractivity contribution >= 4 is 39.9 Å². The number of hydrogen-bond acceptors (Lipinski definition) is 7. The van der Waals surface area contributed by atoms with Gasteiger partial charge in [0.05, 0.1) is 33.8 Å². The molecule has 0 saturated carbocycles. The van der Waals surface area contributed by atoms with Crippen molar-refractivity contribution in [2.45, 2.75) is 6.92 Å². The predicted molar refractivity (Wildman–Crippen MR) is 133 cm³/mol. The van der Waals surface area contributed by atoms with Gasteiger partial charge in [0.15, 0.2) is 0 Å². The van der Waals surface area contributed by atoms with E-state index in [-0.39, 0.29) is 11.9 Å². The number of ether oxygens (including phenoxy) is 1. The quantitative estimate of drug-likeness (QED) is 0.398. The lowest BCUT2D eigenvalue weighted by atomic mass is 10.1. The minimum absolute atomic E-state index is 0.0154. The van der Waals surface area contributed by atoms with Crippen molar-refractivity contribution in [2.75, 3.05) is 37.7 Å². The smallest absolute Gasteiger partial charge is 0.339 e. The van der Waals surface area contributed by atoms with Crippen LogP contribution in [0.15, 0.2) is 66.2 Å². The van der Waals surface area contributed by atoms with Crippen LogP contribution in [0.1, 0.15) is 27.6 Å². The standard InChI is InChI=1S/C26H24N4O3S/c1-2-33-26(32)18-9-10-24(27-17-18)29-11-13-30(14-12-29)25(31)20-16-22(23-8-5-15-34-23)28-21-7-4-3-6-19(20)21/h3-10,15-17H,2,11-14H2,1H3. The van der Waals surface area contributed by atoms with Crippen LogP contribution in [0.25, 0.3) is 21.5 Å². The summed E-state index contributed by atoms with van der Waals surface area (Å²) in [6.45, 7) is 4.61. The third-order valence-corrected chi connectivity index (χ3v) is 6.76. The molecule has 0 bridgehead atoms. The average molecular weight is 473 g/mol. The van der Waals surface area contributed by atoms with Crippen LogP contribution in [0.3, 0.4) is 0 Å². The van der Waals surface area contributed by atoms with Crippen LogP contribution >= 0.6 is 11.3 Å². The second-order valence-electron chi connectivity index (χ2n) is 7.95. The van der Waals surface area contributed by atoms with E-state index in [4.69, 9.17) is 9.72 Å². The molecule has 1 aromatic carbocycles. The van der Waals surface area contributed by atoms with E-state index in [9.17, 15) is 9.59 Å². The Balaban J connectivity index is 1.33. The molecule has 172 valence electrons. The van der Waals surface area contributed by atoms with E-state index < -0.39 is 0 Å². The van der Waals surface area contributed by atoms with Crippen molar-refractivity contribution in [1.82, 2.24) is 14.9 Å². The molecule has 0 radical (unpaired) electrons. The maximum atomic E-state index is 13.6. The molecule has 4 aromatic rings. The van der Waals surface area contributed by atoms with E-state index in [2.05, 4.69) is 9.88 Å². The van der Waals surface area contributed by atoms with Crippen molar-refractivity contribution in [3.63, 3.8) is 0 Å². The Bertz CT molecular complexity index is 1310. The summed E-state index contributed by atoms with van der Waals surface area (Å²) in [5.41, 5.74) is 2.76. The monoisotopic (exact) mass is 472 g/mol. The fraction of sp³-hybridized carbons (Fsp3) is 0.231. The number of anilines is 1. The van der Waals surface area contributed by atoms with E-state index >= 15 is 0 Å². The van der Waals surface area contributed by atoms with Gasteiger partial charge in [-0.05, 0) is 42.6 Å². The van der Waals surface area contributed by atoms with Crippen LogP contribution in [0, 0.1) is 0 Å². The molecule has 3 aromatic heterocycles. The number of rotatable bonds is 5. The van der Waals surface area contributed by atoms with Gasteiger partial charge in [0, 0.05) is 37.8 Å². The molecule has 0 atom stereocenters. The molecule has 34 heavy (non-hydrogen) atoms. The summed E-state index contributed by atoms with van der Waals surface area (Å²) in [5.74, 6) is 0.430. The van der Waals surface area contributed by atoms with E-state index in [0.717, 1.165) is 27.3 Å². The minimum Gasteiger partial charge on any atom is -0.462 e. The number of fused-ring (bicyclic) bond motifs is 1. The molecule has 8 heteroatoms. The van der Waals surface area contributed by atoms with Crippen LogP contribution in [0.2, 0.25) is 0 Å². The number of nitrogens with zero attached hydrogens (tertiary/aromatic N) is 4. The van der Waals surface area contributed by atoms with Gasteiger partial charge in [0.1, 0.15) is 5.82 Å². The summed E-state index contributed by atoms with van der Waals surface area (Å²) < 4.78 is 5.02. The van der Waals surface area contributed by atoms with Crippen LogP contribution in [0.5, 0.6) is 0 Å². The van der Waals surface area contributed by atoms with Crippen LogP contribution in [-0.2, 0) is 4.74 Å². The summed E-state index contributed by atoms with van der Waals surface area (Å²) >= 11 is 1.61. The Morgan fingerprint density at radius 2 is 1.85 bits per heavy atom. The predicted octanol–water partition coefficient (Wildman–Crippen LogP) is 4.50. The number of aromatic nitrogens is 2. The maximum Gasteiger partial charge on any atom is 0.339 e. The van der Waals surface area contributed by atoms with E-state index in [1.165, 1.54) is 0 Å². The Kier molecular flexibility index (Phi) is 6.22. The largest absolute Gasteiger partial charge is 0.462 e. The number of esters is 1. The number of para-hydroxylation sites is 1. The molecule has 1 amide bonds. The van der Waals surface area contributed by atoms with Crippen molar-refractivity contribution in [3.8, 4) is 10.6 Å². The van der Waals surface area contributed by atoms with E-state index in [0.29, 0.717) is 43.9 Å². The minimum atomic E-state index is -0.372. The van der Waals surface area contributed by atoms with Crippen molar-refractivity contribution < 1.29 is 14.3 Å². The molecule has 1 aliphatic heterocycles. The first-order valence-electron chi connectivity index (χ1n) is 11.2. The van der Waals surface area contributed by atoms with E-state index in [1.807, 2.05) is 58.8 Å². The van der Waals surface area contributed by atoms with Gasteiger partial charge < -0.3 is 14.5 Å². The van der Waals surface area contributed by atoms with Gasteiger partial charge >= 0.3 is 5.97 Å². The van der Waals surface area contributed by atoms with Gasteiger partial charge in [-0.3, -0.25) is 4.79 Å². The fourth-order valence-corrected chi connectivity index (χ4v) is 4.81. The number of pyridine rings is 2. The molecule has 5 rings (SSSR count). The highest BCUT2D eigenvalue weighted by Crippen LogP contribution is 2.29. The molecule has 1 saturated heterocycles. The third-order valence-electron chi connectivity index (χ3n) is 5.87. The maximum absolute atomic E-state index is 13.6. The molecule has 1 aliphatic rings. The van der Waals surface area contributed by atoms with Gasteiger partial charge in [-0.15, -0.1) is 11.3 Å². The van der Waals surface area contributed by atoms with Crippen molar-refractivity contribution in [3.05, 3.63) is 77.3 Å². The molecule has 0 N–H and O–H groups in total. The second-order valence-corrected chi connectivity index (χ2v) is 8.90. The number of carbonyl (C=O) groups excluding carboxylic acids is 2. The zero-order valence-corrected chi connectivity index (χ0v) is 19.6. The SMILES string of the molecule is CCOC(=O)c1ccc(N2CCN(C(=O)c3cc(-c4cccs4)nc4ccccc34)CC2)nc1. The first kappa shape index (κ1) is 22.0. The van der Waals surface area contributed by atoms with Crippen LogP contribution in [-0.4, -0.2) is 59.5 Å². The highest BCUT2D eigenvalue weighted by Gasteiger charge is 2.25. The van der Waals surface area contributed by atoms with Gasteiger partial charge in [0.2, 0.25) is 0 Å². The highest BCUT2D eigenvalue weighted by atomic mass is 32.1. The van der Waals surface area contributed by atoms with Crippen molar-refractivity contribution in [1.29, 1.82) is 0 Å². The molecule has 1 fully saturated rings. The van der Waals surface area contributed by atoms with Crippen LogP contribution < -0.4 is 4.90 Å². The van der Waals surface area contributed by atoms with Gasteiger partial charge in [-0.25, -0.2) is 14.8 Å². The second kappa shape index (κ2) is 9.61. The average Bonchev–Trinajstić information content (AvgIpc) is 3.43. The summed E-state index contributed by atoms with van der Waals surface area (Å²) in [6, 6.07) is 17.3. The number of carbonyl (C=O) groups is 2. The fourth-order valence-electron chi connectivity index (χ4n) is 4.12. The first-order valence-corrected chi connectivity index (χ1v) is 12.1. The molecular weight excluding hydrogens is 448 g/mol. The lowest BCUT2D eigenvalue weighted by Crippen LogP contribution is -2.49. The Morgan fingerprint density at radius 3 is 2.56 bits per heavy atom. The normalized spacial score (nSPS) is 13.8. The molecule has 0 spiro atoms. The Labute approximate surface area is 201 Å². The van der Waals surface area contributed by atoms with Gasteiger partial charge in [-0.2, -0.15) is 0 Å². The lowest BCUT2D eigenvalue weighted by molar-refractivity contribution is 0.0525.